The van der Waals surface area contributed by atoms with Crippen molar-refractivity contribution < 1.29 is 0 Å². The van der Waals surface area contributed by atoms with Gasteiger partial charge >= 0.3 is 0 Å². The van der Waals surface area contributed by atoms with Crippen molar-refractivity contribution in [2.45, 2.75) is 20.0 Å². The van der Waals surface area contributed by atoms with Crippen LogP contribution >= 0.6 is 23.6 Å². The number of H-pyrrole nitrogens is 1. The minimum atomic E-state index is -0.0381. The maximum Gasteiger partial charge on any atom is 0.263 e. The van der Waals surface area contributed by atoms with Crippen molar-refractivity contribution in [2.75, 3.05) is 0 Å². The highest BCUT2D eigenvalue weighted by molar-refractivity contribution is 7.71. The number of aromatic nitrogens is 4. The summed E-state index contributed by atoms with van der Waals surface area (Å²) in [6.45, 7) is 3.13. The average molecular weight is 292 g/mol. The molecule has 98 valence electrons. The second-order valence-corrected chi connectivity index (χ2v) is 5.63. The van der Waals surface area contributed by atoms with E-state index in [1.165, 1.54) is 11.3 Å². The molecule has 0 aromatic carbocycles. The molecular weight excluding hydrogens is 280 g/mol. The van der Waals surface area contributed by atoms with Gasteiger partial charge in [-0.15, -0.1) is 11.3 Å². The lowest BCUT2D eigenvalue weighted by atomic mass is 10.4. The van der Waals surface area contributed by atoms with Gasteiger partial charge in [0.25, 0.3) is 5.56 Å². The number of aryl methyl sites for hydroxylation is 2. The van der Waals surface area contributed by atoms with E-state index in [0.29, 0.717) is 23.2 Å². The van der Waals surface area contributed by atoms with E-state index in [2.05, 4.69) is 10.1 Å². The predicted molar refractivity (Wildman–Crippen MR) is 78.2 cm³/mol. The summed E-state index contributed by atoms with van der Waals surface area (Å²) in [4.78, 5) is 16.2. The van der Waals surface area contributed by atoms with E-state index in [9.17, 15) is 4.79 Å². The molecule has 0 bridgehead atoms. The summed E-state index contributed by atoms with van der Waals surface area (Å²) in [5, 5.41) is 6.78. The van der Waals surface area contributed by atoms with Crippen LogP contribution in [0.4, 0.5) is 0 Å². The topological polar surface area (TPSA) is 55.6 Å². The number of nitrogens with zero attached hydrogens (tertiary/aromatic N) is 3. The predicted octanol–water partition coefficient (Wildman–Crippen LogP) is 2.33. The molecule has 0 saturated heterocycles. The summed E-state index contributed by atoms with van der Waals surface area (Å²) in [6, 6.07) is 1.82. The van der Waals surface area contributed by atoms with Gasteiger partial charge in [-0.3, -0.25) is 14.0 Å². The largest absolute Gasteiger partial charge is 0.323 e. The van der Waals surface area contributed by atoms with Crippen LogP contribution in [-0.2, 0) is 13.1 Å². The van der Waals surface area contributed by atoms with E-state index >= 15 is 0 Å². The molecule has 0 aliphatic heterocycles. The van der Waals surface area contributed by atoms with Gasteiger partial charge in [-0.05, 0) is 36.2 Å². The van der Waals surface area contributed by atoms with Crippen LogP contribution in [0.25, 0.3) is 10.2 Å². The van der Waals surface area contributed by atoms with Crippen LogP contribution in [0.15, 0.2) is 28.6 Å². The number of thiophene rings is 1. The first-order valence-corrected chi connectivity index (χ1v) is 7.13. The highest BCUT2D eigenvalue weighted by Crippen LogP contribution is 2.13. The summed E-state index contributed by atoms with van der Waals surface area (Å²) in [6.07, 6.45) is 3.74. The fraction of sp³-hybridized carbons (Fsp3) is 0.250. The number of rotatable bonds is 3. The molecular formula is C12H12N4OS2. The molecule has 5 nitrogen and oxygen atoms in total. The lowest BCUT2D eigenvalue weighted by Gasteiger charge is -2.06. The van der Waals surface area contributed by atoms with Crippen LogP contribution in [0.3, 0.4) is 0 Å². The second-order valence-electron chi connectivity index (χ2n) is 4.33. The van der Waals surface area contributed by atoms with Crippen molar-refractivity contribution in [3.8, 4) is 0 Å². The van der Waals surface area contributed by atoms with Crippen LogP contribution in [-0.4, -0.2) is 19.3 Å². The van der Waals surface area contributed by atoms with Gasteiger partial charge in [0, 0.05) is 12.7 Å². The molecule has 0 saturated carbocycles. The molecule has 0 spiro atoms. The Labute approximate surface area is 118 Å². The van der Waals surface area contributed by atoms with Crippen molar-refractivity contribution in [3.63, 3.8) is 0 Å². The molecule has 3 rings (SSSR count). The molecule has 0 aliphatic carbocycles. The van der Waals surface area contributed by atoms with Gasteiger partial charge in [0.05, 0.1) is 18.1 Å². The number of hydrogen-bond acceptors (Lipinski definition) is 4. The van der Waals surface area contributed by atoms with Gasteiger partial charge in [0.2, 0.25) is 0 Å². The minimum Gasteiger partial charge on any atom is -0.323 e. The molecule has 3 heterocycles. The Morgan fingerprint density at radius 3 is 3.05 bits per heavy atom. The van der Waals surface area contributed by atoms with Crippen molar-refractivity contribution in [1.29, 1.82) is 0 Å². The molecule has 0 aliphatic rings. The van der Waals surface area contributed by atoms with E-state index < -0.39 is 0 Å². The van der Waals surface area contributed by atoms with Crippen molar-refractivity contribution in [3.05, 3.63) is 44.5 Å². The van der Waals surface area contributed by atoms with Gasteiger partial charge in [-0.25, -0.2) is 0 Å². The number of nitrogens with one attached hydrogen (secondary N) is 1. The van der Waals surface area contributed by atoms with E-state index in [4.69, 9.17) is 12.2 Å². The quantitative estimate of drug-likeness (QED) is 0.754. The third-order valence-corrected chi connectivity index (χ3v) is 4.07. The van der Waals surface area contributed by atoms with Crippen molar-refractivity contribution >= 4 is 33.8 Å². The highest BCUT2D eigenvalue weighted by atomic mass is 32.1. The Morgan fingerprint density at radius 1 is 1.47 bits per heavy atom. The third kappa shape index (κ3) is 2.26. The molecule has 0 unspecified atom stereocenters. The standard InChI is InChI=1S/C12H12N4OS2/c1-8-6-13-15(7-8)3-4-16-11(17)9-2-5-19-10(9)14-12(16)18/h2,5-7H,3-4H2,1H3,(H,14,18). The van der Waals surface area contributed by atoms with Crippen LogP contribution in [0.5, 0.6) is 0 Å². The Balaban J connectivity index is 1.96. The first kappa shape index (κ1) is 12.3. The number of hydrogen-bond donors (Lipinski definition) is 1. The fourth-order valence-corrected chi connectivity index (χ4v) is 3.09. The second kappa shape index (κ2) is 4.75. The van der Waals surface area contributed by atoms with E-state index in [1.54, 1.807) is 10.8 Å². The van der Waals surface area contributed by atoms with Crippen LogP contribution in [0, 0.1) is 11.7 Å². The van der Waals surface area contributed by atoms with Gasteiger partial charge in [0.15, 0.2) is 4.77 Å². The van der Waals surface area contributed by atoms with Crippen LogP contribution in [0.1, 0.15) is 5.56 Å². The van der Waals surface area contributed by atoms with E-state index in [1.807, 2.05) is 29.2 Å². The summed E-state index contributed by atoms with van der Waals surface area (Å²) in [7, 11) is 0. The van der Waals surface area contributed by atoms with Gasteiger partial charge in [-0.1, -0.05) is 0 Å². The van der Waals surface area contributed by atoms with Crippen molar-refractivity contribution in [1.82, 2.24) is 19.3 Å². The SMILES string of the molecule is Cc1cnn(CCn2c(=S)[nH]c3sccc3c2=O)c1. The Hall–Kier alpha value is -1.73. The van der Waals surface area contributed by atoms with Gasteiger partial charge in [0.1, 0.15) is 4.83 Å². The summed E-state index contributed by atoms with van der Waals surface area (Å²) >= 11 is 6.73. The first-order chi connectivity index (χ1) is 9.15. The summed E-state index contributed by atoms with van der Waals surface area (Å²) < 4.78 is 3.86. The van der Waals surface area contributed by atoms with Gasteiger partial charge in [-0.2, -0.15) is 5.10 Å². The summed E-state index contributed by atoms with van der Waals surface area (Å²) in [5.41, 5.74) is 1.06. The Morgan fingerprint density at radius 2 is 2.32 bits per heavy atom. The lowest BCUT2D eigenvalue weighted by Crippen LogP contribution is -2.23. The highest BCUT2D eigenvalue weighted by Gasteiger charge is 2.06. The molecule has 0 fully saturated rings. The molecule has 0 amide bonds. The molecule has 19 heavy (non-hydrogen) atoms. The maximum atomic E-state index is 12.3. The van der Waals surface area contributed by atoms with Crippen LogP contribution in [0.2, 0.25) is 0 Å². The lowest BCUT2D eigenvalue weighted by molar-refractivity contribution is 0.517. The Bertz CT molecular complexity index is 839. The average Bonchev–Trinajstić information content (AvgIpc) is 2.98. The third-order valence-electron chi connectivity index (χ3n) is 2.92. The smallest absolute Gasteiger partial charge is 0.263 e. The van der Waals surface area contributed by atoms with E-state index in [0.717, 1.165) is 10.4 Å². The first-order valence-electron chi connectivity index (χ1n) is 5.84. The monoisotopic (exact) mass is 292 g/mol. The van der Waals surface area contributed by atoms with Crippen LogP contribution < -0.4 is 5.56 Å². The molecule has 0 radical (unpaired) electrons. The van der Waals surface area contributed by atoms with E-state index in [-0.39, 0.29) is 5.56 Å². The maximum absolute atomic E-state index is 12.3. The zero-order valence-electron chi connectivity index (χ0n) is 10.3. The fourth-order valence-electron chi connectivity index (χ4n) is 1.97. The van der Waals surface area contributed by atoms with Gasteiger partial charge < -0.3 is 4.98 Å². The molecule has 3 aromatic rings. The summed E-state index contributed by atoms with van der Waals surface area (Å²) in [5.74, 6) is 0. The molecule has 1 N–H and O–H groups in total. The normalized spacial score (nSPS) is 11.2. The molecule has 7 heteroatoms. The zero-order chi connectivity index (χ0) is 13.4. The molecule has 3 aromatic heterocycles. The zero-order valence-corrected chi connectivity index (χ0v) is 11.9. The minimum absolute atomic E-state index is 0.0381. The number of aromatic amines is 1. The number of fused-ring (bicyclic) bond motifs is 1. The molecule has 0 atom stereocenters. The van der Waals surface area contributed by atoms with Crippen molar-refractivity contribution in [2.24, 2.45) is 0 Å². The Kier molecular flexibility index (Phi) is 3.08.